The average Bonchev–Trinajstić information content (AvgIpc) is 3.89. The quantitative estimate of drug-likeness (QED) is 0.0607. The Balaban J connectivity index is 0.000000206. The Hall–Kier alpha value is -5.05. The molecule has 4 N–H and O–H groups in total. The highest BCUT2D eigenvalue weighted by Crippen LogP contribution is 2.27. The van der Waals surface area contributed by atoms with Crippen molar-refractivity contribution < 1.29 is 19.2 Å². The molecule has 4 amide bonds. The minimum absolute atomic E-state index is 0.00108. The summed E-state index contributed by atoms with van der Waals surface area (Å²) in [6, 6.07) is 36.8. The second-order valence-corrected chi connectivity index (χ2v) is 23.0. The van der Waals surface area contributed by atoms with Crippen LogP contribution in [0.15, 0.2) is 115 Å². The molecule has 4 aliphatic heterocycles. The van der Waals surface area contributed by atoms with Gasteiger partial charge >= 0.3 is 0 Å². The van der Waals surface area contributed by atoms with E-state index < -0.39 is 0 Å². The first-order valence-electron chi connectivity index (χ1n) is 28.8. The molecule has 0 aliphatic carbocycles. The summed E-state index contributed by atoms with van der Waals surface area (Å²) >= 11 is 18.2. The minimum atomic E-state index is -0.264. The number of amides is 4. The van der Waals surface area contributed by atoms with Gasteiger partial charge in [0.1, 0.15) is 0 Å². The molecule has 5 aromatic carbocycles. The summed E-state index contributed by atoms with van der Waals surface area (Å²) in [5.41, 5.74) is 3.65. The molecule has 418 valence electrons. The Morgan fingerprint density at radius 3 is 1.47 bits per heavy atom. The summed E-state index contributed by atoms with van der Waals surface area (Å²) in [5, 5.41) is 16.9. The number of nitrogens with zero attached hydrogens (tertiary/aromatic N) is 4. The Morgan fingerprint density at radius 1 is 0.538 bits per heavy atom. The summed E-state index contributed by atoms with van der Waals surface area (Å²) in [5.74, 6) is 0.676. The Labute approximate surface area is 478 Å². The van der Waals surface area contributed by atoms with Crippen molar-refractivity contribution in [3.63, 3.8) is 0 Å². The second-order valence-electron chi connectivity index (χ2n) is 21.8. The van der Waals surface area contributed by atoms with E-state index in [0.717, 1.165) is 95.1 Å². The zero-order valence-electron chi connectivity index (χ0n) is 45.8. The molecule has 9 rings (SSSR count). The lowest BCUT2D eigenvalue weighted by Crippen LogP contribution is -2.50. The third kappa shape index (κ3) is 17.0. The number of carbonyl (C=O) groups is 4. The monoisotopic (exact) mass is 1120 g/mol. The average molecular weight is 1120 g/mol. The predicted molar refractivity (Wildman–Crippen MR) is 318 cm³/mol. The van der Waals surface area contributed by atoms with Crippen molar-refractivity contribution in [1.82, 2.24) is 40.9 Å². The van der Waals surface area contributed by atoms with Crippen LogP contribution in [0, 0.1) is 0 Å². The molecule has 0 saturated carbocycles. The fraction of sp³-hybridized carbons (Fsp3) is 0.492. The van der Waals surface area contributed by atoms with Gasteiger partial charge in [-0.25, -0.2) is 0 Å². The third-order valence-electron chi connectivity index (χ3n) is 16.4. The van der Waals surface area contributed by atoms with Gasteiger partial charge < -0.3 is 40.9 Å². The maximum atomic E-state index is 13.8. The van der Waals surface area contributed by atoms with Crippen LogP contribution < -0.4 is 21.3 Å². The first-order chi connectivity index (χ1) is 37.9. The summed E-state index contributed by atoms with van der Waals surface area (Å²) in [6.07, 6.45) is 11.3. The standard InChI is InChI=1S/C33H41ClN4O2.C30H40Cl2N4O2/c1-2-24(25-8-4-3-5-9-25)23-38-19-14-30(36-31(33(38)40)15-18-37-16-6-7-17-37)22-35-32(39)28-11-10-27-21-29(34)13-12-26(27)20-28;1-2-22(23-9-5-3-6-10-23)21-36-18-13-25(20-33-29(37)24-11-12-26(31)27(32)19-24)34-28(30(36)38)14-17-35-15-7-4-8-16-35/h3-5,8-13,20-21,24,30-31,36H,2,6-7,14-19,22-23H2,1H3,(H,35,39);3,5-6,9-12,19,22,25,28,34H,2,4,7-8,13-18,20-21H2,1H3,(H,33,37)/t24-,30+,31+;22-,25+,28+/m11/s1. The Bertz CT molecular complexity index is 2720. The zero-order chi connectivity index (χ0) is 54.8. The van der Waals surface area contributed by atoms with E-state index in [1.165, 1.54) is 43.2 Å². The van der Waals surface area contributed by atoms with E-state index in [1.807, 2.05) is 48.5 Å². The normalized spacial score (nSPS) is 21.3. The number of hydrogen-bond acceptors (Lipinski definition) is 8. The summed E-state index contributed by atoms with van der Waals surface area (Å²) in [4.78, 5) is 62.6. The van der Waals surface area contributed by atoms with Crippen LogP contribution in [0.3, 0.4) is 0 Å². The van der Waals surface area contributed by atoms with Crippen LogP contribution in [0.1, 0.15) is 128 Å². The van der Waals surface area contributed by atoms with E-state index in [1.54, 1.807) is 18.2 Å². The van der Waals surface area contributed by atoms with Crippen LogP contribution in [-0.4, -0.2) is 146 Å². The minimum Gasteiger partial charge on any atom is -0.350 e. The van der Waals surface area contributed by atoms with E-state index in [-0.39, 0.29) is 47.8 Å². The SMILES string of the molecule is CC[C@H](CN1CC[C@@H](CNC(=O)c2ccc(Cl)c(Cl)c2)N[C@@H](CCN2CCCCC2)C1=O)c1ccccc1.CC[C@H](CN1CC[C@@H](CNC(=O)c2ccc3cc(Cl)ccc3c2)N[C@@H](CCN2CCCC2)C1=O)c1ccccc1. The van der Waals surface area contributed by atoms with Crippen LogP contribution in [0.25, 0.3) is 10.8 Å². The fourth-order valence-electron chi connectivity index (χ4n) is 11.6. The topological polar surface area (TPSA) is 129 Å². The number of fused-ring (bicyclic) bond motifs is 1. The molecule has 78 heavy (non-hydrogen) atoms. The van der Waals surface area contributed by atoms with E-state index in [9.17, 15) is 19.2 Å². The van der Waals surface area contributed by atoms with Gasteiger partial charge in [0.05, 0.1) is 22.1 Å². The number of benzene rings is 5. The van der Waals surface area contributed by atoms with Crippen molar-refractivity contribution in [2.45, 2.75) is 120 Å². The van der Waals surface area contributed by atoms with Gasteiger partial charge in [-0.1, -0.05) is 128 Å². The molecular weight excluding hydrogens is 1040 g/mol. The summed E-state index contributed by atoms with van der Waals surface area (Å²) < 4.78 is 0. The van der Waals surface area contributed by atoms with E-state index in [0.29, 0.717) is 70.8 Å². The Kier molecular flexibility index (Phi) is 22.7. The number of nitrogens with one attached hydrogen (secondary N) is 4. The number of likely N-dealkylation sites (tertiary alicyclic amines) is 2. The fourth-order valence-corrected chi connectivity index (χ4v) is 12.1. The largest absolute Gasteiger partial charge is 0.350 e. The van der Waals surface area contributed by atoms with Crippen LogP contribution in [-0.2, 0) is 9.59 Å². The number of hydrogen-bond donors (Lipinski definition) is 4. The molecule has 5 aromatic rings. The molecule has 0 unspecified atom stereocenters. The van der Waals surface area contributed by atoms with Gasteiger partial charge in [0, 0.05) is 92.4 Å². The maximum absolute atomic E-state index is 13.8. The lowest BCUT2D eigenvalue weighted by Gasteiger charge is -2.31. The summed E-state index contributed by atoms with van der Waals surface area (Å²) in [7, 11) is 0. The molecule has 4 heterocycles. The van der Waals surface area contributed by atoms with Gasteiger partial charge in [-0.15, -0.1) is 0 Å². The molecule has 4 aliphatic rings. The molecule has 12 nitrogen and oxygen atoms in total. The summed E-state index contributed by atoms with van der Waals surface area (Å²) in [6.45, 7) is 14.4. The second kappa shape index (κ2) is 30.0. The van der Waals surface area contributed by atoms with Crippen LogP contribution in [0.5, 0.6) is 0 Å². The number of carbonyl (C=O) groups excluding carboxylic acids is 4. The van der Waals surface area contributed by atoms with Crippen molar-refractivity contribution in [3.05, 3.63) is 153 Å². The van der Waals surface area contributed by atoms with Crippen molar-refractivity contribution in [3.8, 4) is 0 Å². The van der Waals surface area contributed by atoms with E-state index in [2.05, 4.69) is 103 Å². The van der Waals surface area contributed by atoms with Crippen molar-refractivity contribution in [2.75, 3.05) is 78.5 Å². The molecule has 15 heteroatoms. The third-order valence-corrected chi connectivity index (χ3v) is 17.4. The van der Waals surface area contributed by atoms with Crippen molar-refractivity contribution >= 4 is 69.2 Å². The smallest absolute Gasteiger partial charge is 0.251 e. The molecule has 6 atom stereocenters. The highest BCUT2D eigenvalue weighted by atomic mass is 35.5. The van der Waals surface area contributed by atoms with Gasteiger partial charge in [0.25, 0.3) is 11.8 Å². The zero-order valence-corrected chi connectivity index (χ0v) is 48.0. The highest BCUT2D eigenvalue weighted by Gasteiger charge is 2.34. The predicted octanol–water partition coefficient (Wildman–Crippen LogP) is 10.8. The lowest BCUT2D eigenvalue weighted by atomic mass is 9.95. The number of rotatable bonds is 20. The van der Waals surface area contributed by atoms with Gasteiger partial charge in [-0.3, -0.25) is 19.2 Å². The van der Waals surface area contributed by atoms with E-state index >= 15 is 0 Å². The van der Waals surface area contributed by atoms with Crippen molar-refractivity contribution in [2.24, 2.45) is 0 Å². The molecule has 4 saturated heterocycles. The Morgan fingerprint density at radius 2 is 0.987 bits per heavy atom. The number of halogens is 3. The van der Waals surface area contributed by atoms with Gasteiger partial charge in [-0.2, -0.15) is 0 Å². The first kappa shape index (κ1) is 59.1. The molecular formula is C63H81Cl3N8O4. The van der Waals surface area contributed by atoms with Gasteiger partial charge in [-0.05, 0) is 155 Å². The lowest BCUT2D eigenvalue weighted by molar-refractivity contribution is -0.134. The van der Waals surface area contributed by atoms with Gasteiger partial charge in [0.2, 0.25) is 11.8 Å². The van der Waals surface area contributed by atoms with Crippen LogP contribution in [0.4, 0.5) is 0 Å². The van der Waals surface area contributed by atoms with Crippen molar-refractivity contribution in [1.29, 1.82) is 0 Å². The maximum Gasteiger partial charge on any atom is 0.251 e. The van der Waals surface area contributed by atoms with Gasteiger partial charge in [0.15, 0.2) is 0 Å². The molecule has 0 radical (unpaired) electrons. The van der Waals surface area contributed by atoms with E-state index in [4.69, 9.17) is 34.8 Å². The molecule has 0 bridgehead atoms. The highest BCUT2D eigenvalue weighted by molar-refractivity contribution is 6.42. The molecule has 0 spiro atoms. The first-order valence-corrected chi connectivity index (χ1v) is 29.9. The van der Waals surface area contributed by atoms with Crippen LogP contribution >= 0.6 is 34.8 Å². The number of piperidine rings is 1. The molecule has 0 aromatic heterocycles. The van der Waals surface area contributed by atoms with Crippen LogP contribution in [0.2, 0.25) is 15.1 Å². The molecule has 4 fully saturated rings.